The van der Waals surface area contributed by atoms with Crippen LogP contribution in [0.4, 0.5) is 0 Å². The maximum atomic E-state index is 13.5. The first-order valence-electron chi connectivity index (χ1n) is 13.2. The molecule has 0 heterocycles. The topological polar surface area (TPSA) is 55.8 Å². The van der Waals surface area contributed by atoms with Gasteiger partial charge in [-0.15, -0.1) is 0 Å². The molecular weight excluding hydrogens is 462 g/mol. The number of carbonyl (C=O) groups is 2. The summed E-state index contributed by atoms with van der Waals surface area (Å²) in [5.74, 6) is 1.51. The highest BCUT2D eigenvalue weighted by Crippen LogP contribution is 2.39. The van der Waals surface area contributed by atoms with Crippen molar-refractivity contribution in [2.24, 2.45) is 5.92 Å². The Kier molecular flexibility index (Phi) is 9.36. The second-order valence-electron chi connectivity index (χ2n) is 11.4. The van der Waals surface area contributed by atoms with Gasteiger partial charge in [0.05, 0.1) is 7.11 Å². The Morgan fingerprint density at radius 2 is 1.84 bits per heavy atom. The molecule has 0 aliphatic heterocycles. The number of nitrogens with zero attached hydrogens (tertiary/aromatic N) is 1. The number of hydrogen-bond acceptors (Lipinski definition) is 5. The van der Waals surface area contributed by atoms with E-state index in [1.54, 1.807) is 7.11 Å². The third kappa shape index (κ3) is 7.54. The summed E-state index contributed by atoms with van der Waals surface area (Å²) in [7, 11) is 5.88. The van der Waals surface area contributed by atoms with E-state index in [0.29, 0.717) is 18.6 Å². The molecular formula is C32H43NO4. The average molecular weight is 506 g/mol. The summed E-state index contributed by atoms with van der Waals surface area (Å²) >= 11 is 0. The Morgan fingerprint density at radius 3 is 2.49 bits per heavy atom. The van der Waals surface area contributed by atoms with Crippen LogP contribution in [-0.2, 0) is 21.4 Å². The molecule has 0 saturated carbocycles. The largest absolute Gasteiger partial charge is 0.497 e. The van der Waals surface area contributed by atoms with Crippen LogP contribution in [0.3, 0.4) is 0 Å². The average Bonchev–Trinajstić information content (AvgIpc) is 2.94. The number of fused-ring (bicyclic) bond motifs is 1. The van der Waals surface area contributed by atoms with E-state index in [9.17, 15) is 9.59 Å². The Balaban J connectivity index is 1.83. The van der Waals surface area contributed by atoms with Gasteiger partial charge in [0.15, 0.2) is 0 Å². The Labute approximate surface area is 222 Å². The number of aryl methyl sites for hydroxylation is 3. The number of carbonyl (C=O) groups excluding carboxylic acids is 2. The molecule has 1 unspecified atom stereocenters. The fraction of sp³-hybridized carbons (Fsp3) is 0.500. The van der Waals surface area contributed by atoms with Crippen molar-refractivity contribution in [3.63, 3.8) is 0 Å². The van der Waals surface area contributed by atoms with Crippen LogP contribution in [-0.4, -0.2) is 44.4 Å². The summed E-state index contributed by atoms with van der Waals surface area (Å²) in [6.07, 6.45) is 6.03. The number of ether oxygens (including phenoxy) is 2. The van der Waals surface area contributed by atoms with Crippen molar-refractivity contribution in [3.05, 3.63) is 64.2 Å². The van der Waals surface area contributed by atoms with Gasteiger partial charge in [0.1, 0.15) is 17.3 Å². The predicted molar refractivity (Wildman–Crippen MR) is 150 cm³/mol. The van der Waals surface area contributed by atoms with Crippen LogP contribution in [0.5, 0.6) is 11.5 Å². The van der Waals surface area contributed by atoms with Crippen LogP contribution in [0.2, 0.25) is 0 Å². The maximum Gasteiger partial charge on any atom is 0.308 e. The number of esters is 1. The Bertz CT molecular complexity index is 1180. The maximum absolute atomic E-state index is 13.5. The monoisotopic (exact) mass is 505 g/mol. The smallest absolute Gasteiger partial charge is 0.308 e. The number of hydrogen-bond donors (Lipinski definition) is 0. The van der Waals surface area contributed by atoms with Crippen LogP contribution in [0.15, 0.2) is 36.4 Å². The summed E-state index contributed by atoms with van der Waals surface area (Å²) in [6.45, 7) is 10.5. The molecule has 0 spiro atoms. The lowest BCUT2D eigenvalue weighted by molar-refractivity contribution is -0.131. The molecule has 2 aromatic rings. The van der Waals surface area contributed by atoms with Crippen LogP contribution < -0.4 is 9.47 Å². The highest BCUT2D eigenvalue weighted by atomic mass is 16.5. The minimum atomic E-state index is -0.460. The molecule has 0 N–H and O–H groups in total. The van der Waals surface area contributed by atoms with Crippen molar-refractivity contribution >= 4 is 17.3 Å². The molecule has 1 aliphatic rings. The zero-order valence-corrected chi connectivity index (χ0v) is 23.9. The van der Waals surface area contributed by atoms with E-state index in [1.165, 1.54) is 23.6 Å². The molecule has 5 nitrogen and oxygen atoms in total. The van der Waals surface area contributed by atoms with Gasteiger partial charge >= 0.3 is 5.97 Å². The van der Waals surface area contributed by atoms with Gasteiger partial charge < -0.3 is 14.4 Å². The van der Waals surface area contributed by atoms with Gasteiger partial charge in [-0.25, -0.2) is 0 Å². The van der Waals surface area contributed by atoms with Crippen LogP contribution in [0.1, 0.15) is 74.3 Å². The Morgan fingerprint density at radius 1 is 1.11 bits per heavy atom. The molecule has 0 saturated heterocycles. The summed E-state index contributed by atoms with van der Waals surface area (Å²) in [4.78, 5) is 27.5. The van der Waals surface area contributed by atoms with E-state index in [1.807, 2.05) is 26.0 Å². The van der Waals surface area contributed by atoms with Crippen molar-refractivity contribution < 1.29 is 19.1 Å². The van der Waals surface area contributed by atoms with Gasteiger partial charge in [-0.2, -0.15) is 0 Å². The second kappa shape index (κ2) is 12.1. The molecule has 0 bridgehead atoms. The molecule has 5 heteroatoms. The second-order valence-corrected chi connectivity index (χ2v) is 11.4. The summed E-state index contributed by atoms with van der Waals surface area (Å²) < 4.78 is 11.1. The van der Waals surface area contributed by atoms with Crippen molar-refractivity contribution in [2.75, 3.05) is 27.7 Å². The molecule has 1 atom stereocenters. The number of allylic oxidation sites excluding steroid dienone is 1. The molecule has 2 aromatic carbocycles. The van der Waals surface area contributed by atoms with Crippen molar-refractivity contribution in [3.8, 4) is 11.5 Å². The lowest BCUT2D eigenvalue weighted by Crippen LogP contribution is -2.25. The standard InChI is InChI=1S/C32H43NO4/c1-21-15-22(2)31(30(16-21)37-23(3)34)32(4,5)20-27(35)18-24-9-10-25-19-28(36-8)11-12-29(25)26(17-24)13-14-33(6)7/h11-12,15-17,19,24H,9-10,13-14,18,20H2,1-8H3. The highest BCUT2D eigenvalue weighted by Gasteiger charge is 2.31. The van der Waals surface area contributed by atoms with Crippen LogP contribution in [0, 0.1) is 19.8 Å². The minimum Gasteiger partial charge on any atom is -0.497 e. The normalized spacial score (nSPS) is 15.6. The molecule has 0 aromatic heterocycles. The number of rotatable bonds is 10. The molecule has 37 heavy (non-hydrogen) atoms. The number of benzene rings is 2. The first-order valence-corrected chi connectivity index (χ1v) is 13.2. The van der Waals surface area contributed by atoms with Crippen LogP contribution in [0.25, 0.3) is 5.57 Å². The number of methoxy groups -OCH3 is 1. The van der Waals surface area contributed by atoms with Crippen molar-refractivity contribution in [1.82, 2.24) is 4.90 Å². The third-order valence-electron chi connectivity index (χ3n) is 7.21. The zero-order valence-electron chi connectivity index (χ0n) is 23.9. The molecule has 200 valence electrons. The van der Waals surface area contributed by atoms with E-state index < -0.39 is 5.41 Å². The van der Waals surface area contributed by atoms with Crippen molar-refractivity contribution in [2.45, 2.75) is 72.1 Å². The lowest BCUT2D eigenvalue weighted by Gasteiger charge is -2.29. The number of Topliss-reactive ketones (excluding diaryl/α,β-unsaturated/α-hetero) is 1. The van der Waals surface area contributed by atoms with Crippen molar-refractivity contribution in [1.29, 1.82) is 0 Å². The van der Waals surface area contributed by atoms with Gasteiger partial charge in [0.2, 0.25) is 0 Å². The van der Waals surface area contributed by atoms with E-state index >= 15 is 0 Å². The van der Waals surface area contributed by atoms with E-state index in [4.69, 9.17) is 9.47 Å². The Hall–Kier alpha value is -2.92. The lowest BCUT2D eigenvalue weighted by atomic mass is 9.76. The molecule has 0 fully saturated rings. The number of ketones is 1. The third-order valence-corrected chi connectivity index (χ3v) is 7.21. The fourth-order valence-corrected chi connectivity index (χ4v) is 5.72. The van der Waals surface area contributed by atoms with Gasteiger partial charge in [0.25, 0.3) is 0 Å². The fourth-order valence-electron chi connectivity index (χ4n) is 5.72. The molecule has 1 aliphatic carbocycles. The van der Waals surface area contributed by atoms with Gasteiger partial charge in [-0.3, -0.25) is 9.59 Å². The predicted octanol–water partition coefficient (Wildman–Crippen LogP) is 6.46. The first kappa shape index (κ1) is 28.6. The highest BCUT2D eigenvalue weighted by molar-refractivity contribution is 5.81. The summed E-state index contributed by atoms with van der Waals surface area (Å²) in [5, 5.41) is 0. The minimum absolute atomic E-state index is 0.186. The van der Waals surface area contributed by atoms with E-state index in [2.05, 4.69) is 57.1 Å². The van der Waals surface area contributed by atoms with E-state index in [0.717, 1.165) is 48.2 Å². The molecule has 0 radical (unpaired) electrons. The summed E-state index contributed by atoms with van der Waals surface area (Å²) in [6, 6.07) is 10.3. The van der Waals surface area contributed by atoms with Gasteiger partial charge in [0, 0.05) is 37.3 Å². The van der Waals surface area contributed by atoms with Crippen LogP contribution >= 0.6 is 0 Å². The summed E-state index contributed by atoms with van der Waals surface area (Å²) in [5.41, 5.74) is 6.43. The quantitative estimate of drug-likeness (QED) is 0.274. The SMILES string of the molecule is COc1ccc2c(c1)CCC(CC(=O)CC(C)(C)c1c(C)cc(C)cc1OC(C)=O)C=C2CCN(C)C. The first-order chi connectivity index (χ1) is 17.4. The zero-order chi connectivity index (χ0) is 27.3. The van der Waals surface area contributed by atoms with Gasteiger partial charge in [-0.05, 0) is 99.1 Å². The van der Waals surface area contributed by atoms with Gasteiger partial charge in [-0.1, -0.05) is 32.1 Å². The molecule has 3 rings (SSSR count). The van der Waals surface area contributed by atoms with E-state index in [-0.39, 0.29) is 17.7 Å². The molecule has 0 amide bonds.